The normalized spacial score (nSPS) is 13.7. The molecule has 0 radical (unpaired) electrons. The van der Waals surface area contributed by atoms with Gasteiger partial charge < -0.3 is 11.1 Å². The van der Waals surface area contributed by atoms with E-state index in [9.17, 15) is 13.2 Å². The van der Waals surface area contributed by atoms with Crippen LogP contribution in [0.4, 0.5) is 0 Å². The number of rotatable bonds is 8. The van der Waals surface area contributed by atoms with Gasteiger partial charge in [0.15, 0.2) is 0 Å². The minimum atomic E-state index is -3.28. The topological polar surface area (TPSA) is 101 Å². The summed E-state index contributed by atoms with van der Waals surface area (Å²) >= 11 is 0. The van der Waals surface area contributed by atoms with Crippen LogP contribution in [0.25, 0.3) is 0 Å². The molecule has 0 aliphatic rings. The zero-order valence-electron chi connectivity index (χ0n) is 10.7. The molecule has 17 heavy (non-hydrogen) atoms. The molecule has 0 aromatic rings. The third kappa shape index (κ3) is 6.60. The van der Waals surface area contributed by atoms with Crippen molar-refractivity contribution in [1.29, 1.82) is 0 Å². The first-order chi connectivity index (χ1) is 7.84. The average molecular weight is 265 g/mol. The van der Waals surface area contributed by atoms with E-state index in [2.05, 4.69) is 10.0 Å². The fraction of sp³-hybridized carbons (Fsp3) is 0.900. The average Bonchev–Trinajstić information content (AvgIpc) is 2.17. The van der Waals surface area contributed by atoms with E-state index in [1.807, 2.05) is 13.8 Å². The number of nitrogens with one attached hydrogen (secondary N) is 2. The van der Waals surface area contributed by atoms with E-state index in [0.717, 1.165) is 0 Å². The van der Waals surface area contributed by atoms with Crippen molar-refractivity contribution in [2.24, 2.45) is 17.6 Å². The van der Waals surface area contributed by atoms with E-state index in [-0.39, 0.29) is 36.6 Å². The Balaban J connectivity index is 4.09. The Hall–Kier alpha value is -0.660. The highest BCUT2D eigenvalue weighted by atomic mass is 32.2. The maximum Gasteiger partial charge on any atom is 0.224 e. The molecule has 1 unspecified atom stereocenters. The van der Waals surface area contributed by atoms with Gasteiger partial charge in [-0.2, -0.15) is 0 Å². The smallest absolute Gasteiger partial charge is 0.224 e. The Morgan fingerprint density at radius 3 is 2.35 bits per heavy atom. The van der Waals surface area contributed by atoms with Gasteiger partial charge in [-0.05, 0) is 5.92 Å². The standard InChI is InChI=1S/C10H23N3O3S/c1-4-13-17(15,16)6-5-12-10(14)9(7-11)8(2)3/h8-9,13H,4-7,11H2,1-3H3,(H,12,14). The van der Waals surface area contributed by atoms with Gasteiger partial charge in [0.2, 0.25) is 15.9 Å². The second-order valence-corrected chi connectivity index (χ2v) is 6.12. The number of nitrogens with two attached hydrogens (primary N) is 1. The van der Waals surface area contributed by atoms with Crippen LogP contribution in [0.2, 0.25) is 0 Å². The summed E-state index contributed by atoms with van der Waals surface area (Å²) in [7, 11) is -3.28. The molecule has 0 saturated heterocycles. The van der Waals surface area contributed by atoms with Crippen molar-refractivity contribution in [2.75, 3.05) is 25.4 Å². The van der Waals surface area contributed by atoms with Crippen LogP contribution in [0.5, 0.6) is 0 Å². The Labute approximate surface area is 103 Å². The van der Waals surface area contributed by atoms with Crippen molar-refractivity contribution in [3.63, 3.8) is 0 Å². The van der Waals surface area contributed by atoms with Gasteiger partial charge in [0, 0.05) is 19.6 Å². The van der Waals surface area contributed by atoms with Crippen LogP contribution in [-0.2, 0) is 14.8 Å². The number of hydrogen-bond acceptors (Lipinski definition) is 4. The van der Waals surface area contributed by atoms with E-state index < -0.39 is 10.0 Å². The maximum absolute atomic E-state index is 11.7. The summed E-state index contributed by atoms with van der Waals surface area (Å²) in [6.07, 6.45) is 0. The van der Waals surface area contributed by atoms with E-state index in [1.54, 1.807) is 6.92 Å². The van der Waals surface area contributed by atoms with Crippen molar-refractivity contribution >= 4 is 15.9 Å². The van der Waals surface area contributed by atoms with Crippen LogP contribution in [0.15, 0.2) is 0 Å². The molecule has 0 aliphatic heterocycles. The number of carbonyl (C=O) groups excluding carboxylic acids is 1. The van der Waals surface area contributed by atoms with E-state index >= 15 is 0 Å². The fourth-order valence-corrected chi connectivity index (χ4v) is 2.37. The first-order valence-corrected chi connectivity index (χ1v) is 7.44. The Bertz CT molecular complexity index is 328. The fourth-order valence-electron chi connectivity index (χ4n) is 1.41. The van der Waals surface area contributed by atoms with Crippen molar-refractivity contribution in [3.05, 3.63) is 0 Å². The molecule has 7 heteroatoms. The monoisotopic (exact) mass is 265 g/mol. The summed E-state index contributed by atoms with van der Waals surface area (Å²) in [5, 5.41) is 2.59. The molecule has 0 aromatic heterocycles. The highest BCUT2D eigenvalue weighted by Crippen LogP contribution is 2.08. The number of hydrogen-bond donors (Lipinski definition) is 3. The van der Waals surface area contributed by atoms with E-state index in [0.29, 0.717) is 6.54 Å². The third-order valence-electron chi connectivity index (χ3n) is 2.43. The molecule has 0 spiro atoms. The molecule has 0 rings (SSSR count). The van der Waals surface area contributed by atoms with Crippen molar-refractivity contribution in [1.82, 2.24) is 10.0 Å². The van der Waals surface area contributed by atoms with Crippen molar-refractivity contribution in [2.45, 2.75) is 20.8 Å². The lowest BCUT2D eigenvalue weighted by atomic mass is 9.95. The predicted molar refractivity (Wildman–Crippen MR) is 67.9 cm³/mol. The summed E-state index contributed by atoms with van der Waals surface area (Å²) in [5.74, 6) is -0.418. The molecule has 0 heterocycles. The number of amides is 1. The molecule has 0 aromatic carbocycles. The van der Waals surface area contributed by atoms with Crippen LogP contribution >= 0.6 is 0 Å². The molecule has 0 aliphatic carbocycles. The lowest BCUT2D eigenvalue weighted by molar-refractivity contribution is -0.125. The quantitative estimate of drug-likeness (QED) is 0.538. The molecule has 0 bridgehead atoms. The summed E-state index contributed by atoms with van der Waals surface area (Å²) in [6, 6.07) is 0. The number of sulfonamides is 1. The third-order valence-corrected chi connectivity index (χ3v) is 3.90. The summed E-state index contributed by atoms with van der Waals surface area (Å²) in [4.78, 5) is 11.7. The van der Waals surface area contributed by atoms with Gasteiger partial charge in [0.25, 0.3) is 0 Å². The molecule has 1 atom stereocenters. The molecular weight excluding hydrogens is 242 g/mol. The first-order valence-electron chi connectivity index (χ1n) is 5.79. The Morgan fingerprint density at radius 2 is 1.94 bits per heavy atom. The highest BCUT2D eigenvalue weighted by molar-refractivity contribution is 7.89. The molecule has 4 N–H and O–H groups in total. The lowest BCUT2D eigenvalue weighted by Gasteiger charge is -2.18. The van der Waals surface area contributed by atoms with E-state index in [4.69, 9.17) is 5.73 Å². The van der Waals surface area contributed by atoms with Gasteiger partial charge >= 0.3 is 0 Å². The molecule has 102 valence electrons. The van der Waals surface area contributed by atoms with Crippen LogP contribution in [0, 0.1) is 11.8 Å². The van der Waals surface area contributed by atoms with Gasteiger partial charge in [0.05, 0.1) is 11.7 Å². The first kappa shape index (κ1) is 16.3. The summed E-state index contributed by atoms with van der Waals surface area (Å²) in [6.45, 7) is 6.26. The van der Waals surface area contributed by atoms with Gasteiger partial charge in [-0.1, -0.05) is 20.8 Å². The second-order valence-electron chi connectivity index (χ2n) is 4.19. The van der Waals surface area contributed by atoms with Gasteiger partial charge in [-0.25, -0.2) is 13.1 Å². The minimum Gasteiger partial charge on any atom is -0.355 e. The Kier molecular flexibility index (Phi) is 7.33. The number of carbonyl (C=O) groups is 1. The minimum absolute atomic E-state index is 0.109. The summed E-state index contributed by atoms with van der Waals surface area (Å²) in [5.41, 5.74) is 5.49. The van der Waals surface area contributed by atoms with Gasteiger partial charge in [0.1, 0.15) is 0 Å². The second kappa shape index (κ2) is 7.62. The highest BCUT2D eigenvalue weighted by Gasteiger charge is 2.20. The maximum atomic E-state index is 11.7. The van der Waals surface area contributed by atoms with Gasteiger partial charge in [-0.3, -0.25) is 4.79 Å². The van der Waals surface area contributed by atoms with Crippen LogP contribution < -0.4 is 15.8 Å². The zero-order valence-corrected chi connectivity index (χ0v) is 11.5. The molecule has 0 fully saturated rings. The molecular formula is C10H23N3O3S. The lowest BCUT2D eigenvalue weighted by Crippen LogP contribution is -2.41. The SMILES string of the molecule is CCNS(=O)(=O)CCNC(=O)C(CN)C(C)C. The van der Waals surface area contributed by atoms with Crippen molar-refractivity contribution in [3.8, 4) is 0 Å². The zero-order chi connectivity index (χ0) is 13.5. The van der Waals surface area contributed by atoms with E-state index in [1.165, 1.54) is 0 Å². The molecule has 1 amide bonds. The van der Waals surface area contributed by atoms with Crippen molar-refractivity contribution < 1.29 is 13.2 Å². The Morgan fingerprint density at radius 1 is 1.35 bits per heavy atom. The molecule has 6 nitrogen and oxygen atoms in total. The van der Waals surface area contributed by atoms with Crippen LogP contribution in [0.1, 0.15) is 20.8 Å². The van der Waals surface area contributed by atoms with Crippen LogP contribution in [0.3, 0.4) is 0 Å². The van der Waals surface area contributed by atoms with Crippen LogP contribution in [-0.4, -0.2) is 39.7 Å². The molecule has 0 saturated carbocycles. The largest absolute Gasteiger partial charge is 0.355 e. The van der Waals surface area contributed by atoms with Gasteiger partial charge in [-0.15, -0.1) is 0 Å². The summed E-state index contributed by atoms with van der Waals surface area (Å²) < 4.78 is 25.0. The predicted octanol–water partition coefficient (Wildman–Crippen LogP) is -0.727.